The molecular formula is C17H23ClN4O3. The van der Waals surface area contributed by atoms with E-state index in [1.54, 1.807) is 0 Å². The first-order valence-electron chi connectivity index (χ1n) is 8.51. The van der Waals surface area contributed by atoms with Crippen molar-refractivity contribution in [3.05, 3.63) is 23.2 Å². The Labute approximate surface area is 152 Å². The van der Waals surface area contributed by atoms with Crippen LogP contribution in [0.25, 0.3) is 0 Å². The van der Waals surface area contributed by atoms with E-state index >= 15 is 0 Å². The second kappa shape index (κ2) is 6.78. The maximum atomic E-state index is 12.6. The summed E-state index contributed by atoms with van der Waals surface area (Å²) < 4.78 is 5.50. The highest BCUT2D eigenvalue weighted by atomic mass is 35.5. The Balaban J connectivity index is 1.63. The van der Waals surface area contributed by atoms with Crippen LogP contribution < -0.4 is 0 Å². The smallest absolute Gasteiger partial charge is 0.410 e. The van der Waals surface area contributed by atoms with Gasteiger partial charge in [0.05, 0.1) is 5.56 Å². The average molecular weight is 367 g/mol. The Morgan fingerprint density at radius 2 is 1.88 bits per heavy atom. The SMILES string of the molecule is CC(C)(C)OC(=O)N1CC[C@@H]2CN(C(=O)c3cnc(Cl)nc3)CC[C@@H]21. The number of fused-ring (bicyclic) bond motifs is 1. The van der Waals surface area contributed by atoms with Crippen LogP contribution in [0.15, 0.2) is 12.4 Å². The molecule has 8 heteroatoms. The van der Waals surface area contributed by atoms with E-state index in [1.165, 1.54) is 12.4 Å². The molecule has 0 bridgehead atoms. The summed E-state index contributed by atoms with van der Waals surface area (Å²) >= 11 is 5.67. The molecule has 2 aliphatic heterocycles. The molecule has 136 valence electrons. The molecule has 0 aliphatic carbocycles. The van der Waals surface area contributed by atoms with Gasteiger partial charge in [0.1, 0.15) is 5.60 Å². The summed E-state index contributed by atoms with van der Waals surface area (Å²) in [6, 6.07) is 0.139. The van der Waals surface area contributed by atoms with Crippen molar-refractivity contribution in [3.8, 4) is 0 Å². The number of aromatic nitrogens is 2. The van der Waals surface area contributed by atoms with Crippen LogP contribution in [0, 0.1) is 5.92 Å². The lowest BCUT2D eigenvalue weighted by molar-refractivity contribution is 0.0147. The number of amides is 2. The summed E-state index contributed by atoms with van der Waals surface area (Å²) in [5.74, 6) is 0.185. The maximum absolute atomic E-state index is 12.6. The van der Waals surface area contributed by atoms with Gasteiger partial charge in [-0.1, -0.05) is 0 Å². The van der Waals surface area contributed by atoms with E-state index in [-0.39, 0.29) is 29.2 Å². The molecule has 2 fully saturated rings. The van der Waals surface area contributed by atoms with Gasteiger partial charge in [-0.05, 0) is 51.1 Å². The molecule has 0 saturated carbocycles. The molecule has 1 aromatic rings. The largest absolute Gasteiger partial charge is 0.444 e. The second-order valence-corrected chi connectivity index (χ2v) is 7.91. The molecule has 2 saturated heterocycles. The molecule has 0 radical (unpaired) electrons. The highest BCUT2D eigenvalue weighted by molar-refractivity contribution is 6.28. The number of nitrogens with zero attached hydrogens (tertiary/aromatic N) is 4. The summed E-state index contributed by atoms with van der Waals surface area (Å²) in [6.07, 6.45) is 4.27. The lowest BCUT2D eigenvalue weighted by Crippen LogP contribution is -2.50. The molecule has 0 unspecified atom stereocenters. The van der Waals surface area contributed by atoms with Crippen molar-refractivity contribution in [1.82, 2.24) is 19.8 Å². The number of rotatable bonds is 1. The number of hydrogen-bond donors (Lipinski definition) is 0. The molecule has 2 atom stereocenters. The first kappa shape index (κ1) is 17.9. The summed E-state index contributed by atoms with van der Waals surface area (Å²) in [6.45, 7) is 7.51. The summed E-state index contributed by atoms with van der Waals surface area (Å²) in [4.78, 5) is 36.3. The Morgan fingerprint density at radius 1 is 1.20 bits per heavy atom. The van der Waals surface area contributed by atoms with Crippen molar-refractivity contribution >= 4 is 23.6 Å². The number of halogens is 1. The number of likely N-dealkylation sites (tertiary alicyclic amines) is 2. The van der Waals surface area contributed by atoms with Crippen molar-refractivity contribution in [2.24, 2.45) is 5.92 Å². The zero-order valence-electron chi connectivity index (χ0n) is 14.7. The Hall–Kier alpha value is -1.89. The Kier molecular flexibility index (Phi) is 4.86. The Bertz CT molecular complexity index is 659. The number of carbonyl (C=O) groups is 2. The fraction of sp³-hybridized carbons (Fsp3) is 0.647. The normalized spacial score (nSPS) is 23.4. The lowest BCUT2D eigenvalue weighted by atomic mass is 9.92. The number of carbonyl (C=O) groups excluding carboxylic acids is 2. The summed E-state index contributed by atoms with van der Waals surface area (Å²) in [5.41, 5.74) is -0.0645. The molecule has 0 N–H and O–H groups in total. The van der Waals surface area contributed by atoms with Crippen molar-refractivity contribution in [3.63, 3.8) is 0 Å². The van der Waals surface area contributed by atoms with Crippen molar-refractivity contribution < 1.29 is 14.3 Å². The predicted octanol–water partition coefficient (Wildman–Crippen LogP) is 2.60. The minimum atomic E-state index is -0.500. The summed E-state index contributed by atoms with van der Waals surface area (Å²) in [5, 5.41) is 0.124. The average Bonchev–Trinajstić information content (AvgIpc) is 2.96. The number of ether oxygens (including phenoxy) is 1. The molecular weight excluding hydrogens is 344 g/mol. The van der Waals surface area contributed by atoms with Gasteiger partial charge in [0.2, 0.25) is 5.28 Å². The molecule has 0 aromatic carbocycles. The van der Waals surface area contributed by atoms with Gasteiger partial charge in [0, 0.05) is 38.1 Å². The molecule has 1 aromatic heterocycles. The molecule has 3 rings (SSSR count). The van der Waals surface area contributed by atoms with E-state index < -0.39 is 5.60 Å². The van der Waals surface area contributed by atoms with Crippen LogP contribution in [0.5, 0.6) is 0 Å². The molecule has 2 aliphatic rings. The predicted molar refractivity (Wildman–Crippen MR) is 92.4 cm³/mol. The minimum absolute atomic E-state index is 0.0918. The topological polar surface area (TPSA) is 75.6 Å². The third kappa shape index (κ3) is 4.03. The van der Waals surface area contributed by atoms with Crippen molar-refractivity contribution in [2.75, 3.05) is 19.6 Å². The molecule has 7 nitrogen and oxygen atoms in total. The van der Waals surface area contributed by atoms with Gasteiger partial charge in [0.25, 0.3) is 5.91 Å². The van der Waals surface area contributed by atoms with E-state index in [0.29, 0.717) is 25.2 Å². The van der Waals surface area contributed by atoms with Gasteiger partial charge in [-0.15, -0.1) is 0 Å². The fourth-order valence-corrected chi connectivity index (χ4v) is 3.62. The lowest BCUT2D eigenvalue weighted by Gasteiger charge is -2.38. The number of hydrogen-bond acceptors (Lipinski definition) is 5. The molecule has 2 amide bonds. The van der Waals surface area contributed by atoms with Gasteiger partial charge in [-0.25, -0.2) is 14.8 Å². The Morgan fingerprint density at radius 3 is 2.52 bits per heavy atom. The quantitative estimate of drug-likeness (QED) is 0.714. The van der Waals surface area contributed by atoms with Crippen LogP contribution in [0.1, 0.15) is 44.0 Å². The molecule has 3 heterocycles. The monoisotopic (exact) mass is 366 g/mol. The van der Waals surface area contributed by atoms with Gasteiger partial charge in [-0.3, -0.25) is 4.79 Å². The van der Waals surface area contributed by atoms with E-state index in [4.69, 9.17) is 16.3 Å². The van der Waals surface area contributed by atoms with Crippen molar-refractivity contribution in [2.45, 2.75) is 45.3 Å². The zero-order valence-corrected chi connectivity index (χ0v) is 15.5. The van der Waals surface area contributed by atoms with Crippen LogP contribution in [0.4, 0.5) is 4.79 Å². The van der Waals surface area contributed by atoms with E-state index in [1.807, 2.05) is 30.6 Å². The molecule has 0 spiro atoms. The second-order valence-electron chi connectivity index (χ2n) is 7.57. The first-order valence-corrected chi connectivity index (χ1v) is 8.89. The van der Waals surface area contributed by atoms with Crippen LogP contribution in [-0.4, -0.2) is 63.0 Å². The van der Waals surface area contributed by atoms with E-state index in [0.717, 1.165) is 12.8 Å². The third-order valence-electron chi connectivity index (χ3n) is 4.62. The first-order chi connectivity index (χ1) is 11.7. The van der Waals surface area contributed by atoms with Gasteiger partial charge in [0.15, 0.2) is 0 Å². The van der Waals surface area contributed by atoms with Crippen molar-refractivity contribution in [1.29, 1.82) is 0 Å². The van der Waals surface area contributed by atoms with Crippen LogP contribution in [0.2, 0.25) is 5.28 Å². The van der Waals surface area contributed by atoms with Gasteiger partial charge in [-0.2, -0.15) is 0 Å². The highest BCUT2D eigenvalue weighted by Gasteiger charge is 2.43. The molecule has 25 heavy (non-hydrogen) atoms. The highest BCUT2D eigenvalue weighted by Crippen LogP contribution is 2.33. The standard InChI is InChI=1S/C17H23ClN4O3/c1-17(2,3)25-16(24)22-7-4-11-10-21(6-5-13(11)22)14(23)12-8-19-15(18)20-9-12/h8-9,11,13H,4-7,10H2,1-3H3/t11-,13+/m1/s1. The van der Waals surface area contributed by atoms with Crippen LogP contribution in [0.3, 0.4) is 0 Å². The third-order valence-corrected chi connectivity index (χ3v) is 4.81. The van der Waals surface area contributed by atoms with Crippen LogP contribution >= 0.6 is 11.6 Å². The fourth-order valence-electron chi connectivity index (χ4n) is 3.52. The number of piperidine rings is 1. The van der Waals surface area contributed by atoms with E-state index in [2.05, 4.69) is 9.97 Å². The zero-order chi connectivity index (χ0) is 18.2. The van der Waals surface area contributed by atoms with Crippen LogP contribution in [-0.2, 0) is 4.74 Å². The van der Waals surface area contributed by atoms with Gasteiger partial charge >= 0.3 is 6.09 Å². The maximum Gasteiger partial charge on any atom is 0.410 e. The van der Waals surface area contributed by atoms with Gasteiger partial charge < -0.3 is 14.5 Å². The van der Waals surface area contributed by atoms with E-state index in [9.17, 15) is 9.59 Å². The summed E-state index contributed by atoms with van der Waals surface area (Å²) in [7, 11) is 0. The minimum Gasteiger partial charge on any atom is -0.444 e.